The molecule has 0 saturated heterocycles. The summed E-state index contributed by atoms with van der Waals surface area (Å²) in [4.78, 5) is 25.2. The Bertz CT molecular complexity index is 842. The highest BCUT2D eigenvalue weighted by Gasteiger charge is 2.24. The van der Waals surface area contributed by atoms with E-state index in [-0.39, 0.29) is 11.5 Å². The molecule has 0 fully saturated rings. The van der Waals surface area contributed by atoms with E-state index in [2.05, 4.69) is 20.8 Å². The van der Waals surface area contributed by atoms with Crippen molar-refractivity contribution in [3.8, 4) is 0 Å². The highest BCUT2D eigenvalue weighted by atomic mass is 28.3. The summed E-state index contributed by atoms with van der Waals surface area (Å²) in [5, 5.41) is 0. The van der Waals surface area contributed by atoms with Crippen LogP contribution in [0.5, 0.6) is 0 Å². The van der Waals surface area contributed by atoms with Gasteiger partial charge in [0.25, 0.3) is 9.04 Å². The van der Waals surface area contributed by atoms with Crippen molar-refractivity contribution in [3.05, 3.63) is 44.5 Å². The van der Waals surface area contributed by atoms with Crippen LogP contribution in [0.25, 0.3) is 11.0 Å². The monoisotopic (exact) mass is 334 g/mol. The molecule has 126 valence electrons. The lowest BCUT2D eigenvalue weighted by Gasteiger charge is -2.26. The number of para-hydroxylation sites is 1. The van der Waals surface area contributed by atoms with E-state index in [1.165, 1.54) is 4.73 Å². The second kappa shape index (κ2) is 6.00. The summed E-state index contributed by atoms with van der Waals surface area (Å²) in [7, 11) is -1.54. The minimum Gasteiger partial charge on any atom is -0.471 e. The third kappa shape index (κ3) is 3.13. The zero-order valence-corrected chi connectivity index (χ0v) is 16.2. The fourth-order valence-electron chi connectivity index (χ4n) is 2.76. The van der Waals surface area contributed by atoms with E-state index in [9.17, 15) is 9.59 Å². The van der Waals surface area contributed by atoms with Gasteiger partial charge in [0, 0.05) is 6.04 Å². The van der Waals surface area contributed by atoms with E-state index in [0.29, 0.717) is 5.52 Å². The highest BCUT2D eigenvalue weighted by molar-refractivity contribution is 6.48. The fourth-order valence-corrected chi connectivity index (χ4v) is 3.39. The average molecular weight is 334 g/mol. The van der Waals surface area contributed by atoms with Crippen LogP contribution in [-0.4, -0.2) is 18.3 Å². The maximum absolute atomic E-state index is 12.7. The van der Waals surface area contributed by atoms with Crippen molar-refractivity contribution in [3.63, 3.8) is 0 Å². The number of aromatic nitrogens is 2. The molecule has 0 aliphatic rings. The molecular formula is C17H26N2O3Si. The molecule has 0 N–H and O–H groups in total. The van der Waals surface area contributed by atoms with Gasteiger partial charge in [0.15, 0.2) is 0 Å². The minimum absolute atomic E-state index is 0.104. The van der Waals surface area contributed by atoms with E-state index >= 15 is 0 Å². The smallest absolute Gasteiger partial charge is 0.348 e. The van der Waals surface area contributed by atoms with Crippen molar-refractivity contribution in [2.45, 2.75) is 59.2 Å². The number of hydrogen-bond donors (Lipinski definition) is 0. The molecule has 2 aromatic rings. The van der Waals surface area contributed by atoms with Gasteiger partial charge in [0.05, 0.1) is 5.52 Å². The number of hydrogen-bond acceptors (Lipinski definition) is 3. The van der Waals surface area contributed by atoms with E-state index in [1.54, 1.807) is 4.57 Å². The van der Waals surface area contributed by atoms with Gasteiger partial charge in [-0.25, -0.2) is 0 Å². The van der Waals surface area contributed by atoms with Gasteiger partial charge in [-0.15, -0.1) is 0 Å². The average Bonchev–Trinajstić information content (AvgIpc) is 2.41. The lowest BCUT2D eigenvalue weighted by atomic mass is 9.86. The summed E-state index contributed by atoms with van der Waals surface area (Å²) in [5.74, 6) is 0. The van der Waals surface area contributed by atoms with Crippen molar-refractivity contribution in [1.82, 2.24) is 9.30 Å². The SMILES string of the molecule is CC(C)n1c(=O)c(=O)n(O[SiH](C)C)c2cccc(C(C)(C)C)c21. The molecule has 0 amide bonds. The van der Waals surface area contributed by atoms with Gasteiger partial charge in [-0.2, -0.15) is 4.73 Å². The van der Waals surface area contributed by atoms with Crippen LogP contribution < -0.4 is 15.6 Å². The standard InChI is InChI=1S/C17H26N2O3Si/c1-11(2)18-14-12(17(3,4)5)9-8-10-13(14)19(22-23(6)7)16(21)15(18)20/h8-11,23H,1-7H3. The first-order chi connectivity index (χ1) is 10.6. The van der Waals surface area contributed by atoms with Crippen molar-refractivity contribution in [2.75, 3.05) is 0 Å². The Balaban J connectivity index is 3.09. The second-order valence-corrected chi connectivity index (χ2v) is 9.75. The Morgan fingerprint density at radius 1 is 1.09 bits per heavy atom. The first-order valence-corrected chi connectivity index (χ1v) is 10.8. The zero-order valence-electron chi connectivity index (χ0n) is 15.0. The van der Waals surface area contributed by atoms with E-state index < -0.39 is 20.2 Å². The molecule has 0 radical (unpaired) electrons. The maximum Gasteiger partial charge on any atom is 0.348 e. The molecule has 1 heterocycles. The van der Waals surface area contributed by atoms with Crippen molar-refractivity contribution in [1.29, 1.82) is 0 Å². The Labute approximate surface area is 138 Å². The molecule has 2 rings (SSSR count). The molecule has 0 saturated carbocycles. The Kier molecular flexibility index (Phi) is 4.57. The first-order valence-electron chi connectivity index (χ1n) is 8.03. The minimum atomic E-state index is -1.54. The molecule has 0 atom stereocenters. The molecule has 0 aliphatic heterocycles. The summed E-state index contributed by atoms with van der Waals surface area (Å²) in [6, 6.07) is 5.68. The molecule has 1 aromatic heterocycles. The van der Waals surface area contributed by atoms with Gasteiger partial charge in [-0.05, 0) is 44.0 Å². The Hall–Kier alpha value is -1.82. The summed E-state index contributed by atoms with van der Waals surface area (Å²) < 4.78 is 8.58. The van der Waals surface area contributed by atoms with Crippen molar-refractivity contribution < 1.29 is 4.53 Å². The van der Waals surface area contributed by atoms with Crippen LogP contribution in [0.15, 0.2) is 27.8 Å². The van der Waals surface area contributed by atoms with Crippen molar-refractivity contribution >= 4 is 20.1 Å². The lowest BCUT2D eigenvalue weighted by Crippen LogP contribution is -2.46. The normalized spacial score (nSPS) is 12.4. The molecule has 6 heteroatoms. The van der Waals surface area contributed by atoms with Gasteiger partial charge in [0.1, 0.15) is 5.52 Å². The molecular weight excluding hydrogens is 308 g/mol. The van der Waals surface area contributed by atoms with Crippen molar-refractivity contribution in [2.24, 2.45) is 0 Å². The molecule has 0 bridgehead atoms. The van der Waals surface area contributed by atoms with Gasteiger partial charge in [0.2, 0.25) is 0 Å². The van der Waals surface area contributed by atoms with Gasteiger partial charge >= 0.3 is 11.1 Å². The first kappa shape index (κ1) is 17.5. The number of benzene rings is 1. The largest absolute Gasteiger partial charge is 0.471 e. The lowest BCUT2D eigenvalue weighted by molar-refractivity contribution is 0.277. The van der Waals surface area contributed by atoms with E-state index in [1.807, 2.05) is 45.1 Å². The number of fused-ring (bicyclic) bond motifs is 1. The van der Waals surface area contributed by atoms with Gasteiger partial charge < -0.3 is 4.53 Å². The van der Waals surface area contributed by atoms with E-state index in [4.69, 9.17) is 4.53 Å². The van der Waals surface area contributed by atoms with Crippen LogP contribution in [0.1, 0.15) is 46.2 Å². The second-order valence-electron chi connectivity index (χ2n) is 7.45. The third-order valence-corrected chi connectivity index (χ3v) is 4.33. The fraction of sp³-hybridized carbons (Fsp3) is 0.529. The summed E-state index contributed by atoms with van der Waals surface area (Å²) in [6.45, 7) is 14.1. The van der Waals surface area contributed by atoms with E-state index in [0.717, 1.165) is 11.1 Å². The molecule has 0 aliphatic carbocycles. The quantitative estimate of drug-likeness (QED) is 0.640. The van der Waals surface area contributed by atoms with Crippen LogP contribution in [0.4, 0.5) is 0 Å². The summed E-state index contributed by atoms with van der Waals surface area (Å²) in [6.07, 6.45) is 0. The van der Waals surface area contributed by atoms with Gasteiger partial charge in [-0.3, -0.25) is 14.2 Å². The molecule has 0 spiro atoms. The molecule has 5 nitrogen and oxygen atoms in total. The van der Waals surface area contributed by atoms with Crippen LogP contribution in [0, 0.1) is 0 Å². The van der Waals surface area contributed by atoms with Crippen LogP contribution in [0.2, 0.25) is 13.1 Å². The van der Waals surface area contributed by atoms with Crippen LogP contribution >= 0.6 is 0 Å². The molecule has 0 unspecified atom stereocenters. The number of nitrogens with zero attached hydrogens (tertiary/aromatic N) is 2. The molecule has 1 aromatic carbocycles. The van der Waals surface area contributed by atoms with Crippen LogP contribution in [0.3, 0.4) is 0 Å². The predicted molar refractivity (Wildman–Crippen MR) is 97.0 cm³/mol. The molecule has 23 heavy (non-hydrogen) atoms. The van der Waals surface area contributed by atoms with Crippen LogP contribution in [-0.2, 0) is 5.41 Å². The van der Waals surface area contributed by atoms with Gasteiger partial charge in [-0.1, -0.05) is 32.9 Å². The maximum atomic E-state index is 12.7. The topological polar surface area (TPSA) is 53.2 Å². The Morgan fingerprint density at radius 3 is 2.17 bits per heavy atom. The zero-order chi connectivity index (χ0) is 17.5. The Morgan fingerprint density at radius 2 is 1.70 bits per heavy atom. The summed E-state index contributed by atoms with van der Waals surface area (Å²) >= 11 is 0. The number of rotatable bonds is 3. The highest BCUT2D eigenvalue weighted by Crippen LogP contribution is 2.29. The predicted octanol–water partition coefficient (Wildman–Crippen LogP) is 2.45. The third-order valence-electron chi connectivity index (χ3n) is 3.70. The summed E-state index contributed by atoms with van der Waals surface area (Å²) in [5.41, 5.74) is 1.19.